The van der Waals surface area contributed by atoms with Gasteiger partial charge in [-0.3, -0.25) is 0 Å². The van der Waals surface area contributed by atoms with E-state index in [1.54, 1.807) is 32.1 Å². The topological polar surface area (TPSA) is 0 Å². The normalized spacial score (nSPS) is 38.3. The zero-order valence-electron chi connectivity index (χ0n) is 23.8. The predicted molar refractivity (Wildman–Crippen MR) is 149 cm³/mol. The van der Waals surface area contributed by atoms with E-state index in [-0.39, 0.29) is 0 Å². The Morgan fingerprint density at radius 3 is 1.36 bits per heavy atom. The quantitative estimate of drug-likeness (QED) is 0.396. The standard InChI is InChI=1S/C11H18.C10H20.C9H12.C3H8/c1-7-4-10-8-2-3-9(6-8)11(10)5-7;1-7-5-9(3)10(4)6-8(7)2;1-8(2)9-6-4-3-5-7-9;1-3-2/h7-11H,2-6H2,1H3;7-10H,5-6H2,1-4H3;3-8H,1-2H3;3H2,1-2H3. The maximum absolute atomic E-state index is 2.46. The van der Waals surface area contributed by atoms with Crippen molar-refractivity contribution < 1.29 is 0 Å². The fraction of sp³-hybridized carbons (Fsp3) is 0.818. The van der Waals surface area contributed by atoms with Crippen LogP contribution in [-0.2, 0) is 0 Å². The van der Waals surface area contributed by atoms with E-state index in [2.05, 4.69) is 86.6 Å². The van der Waals surface area contributed by atoms with Crippen LogP contribution < -0.4 is 0 Å². The molecule has 0 amide bonds. The summed E-state index contributed by atoms with van der Waals surface area (Å²) in [6, 6.07) is 10.5. The van der Waals surface area contributed by atoms with E-state index in [1.165, 1.54) is 48.5 Å². The van der Waals surface area contributed by atoms with Crippen LogP contribution in [0.25, 0.3) is 0 Å². The molecule has 0 nitrogen and oxygen atoms in total. The van der Waals surface area contributed by atoms with Gasteiger partial charge in [-0.1, -0.05) is 99.1 Å². The molecule has 0 radical (unpaired) electrons. The van der Waals surface area contributed by atoms with Crippen molar-refractivity contribution in [2.24, 2.45) is 53.3 Å². The summed E-state index contributed by atoms with van der Waals surface area (Å²) in [5.74, 6) is 10.3. The molecule has 0 spiro atoms. The molecule has 0 N–H and O–H groups in total. The zero-order valence-corrected chi connectivity index (χ0v) is 23.8. The second kappa shape index (κ2) is 13.9. The van der Waals surface area contributed by atoms with E-state index in [1.807, 2.05) is 6.07 Å². The Kier molecular flexibility index (Phi) is 12.0. The highest BCUT2D eigenvalue weighted by molar-refractivity contribution is 5.17. The minimum Gasteiger partial charge on any atom is -0.0656 e. The highest BCUT2D eigenvalue weighted by Crippen LogP contribution is 2.59. The van der Waals surface area contributed by atoms with Gasteiger partial charge in [0, 0.05) is 0 Å². The number of hydrogen-bond acceptors (Lipinski definition) is 0. The molecule has 0 heterocycles. The van der Waals surface area contributed by atoms with Gasteiger partial charge in [0.15, 0.2) is 0 Å². The Balaban J connectivity index is 0.000000166. The summed E-state index contributed by atoms with van der Waals surface area (Å²) < 4.78 is 0. The number of fused-ring (bicyclic) bond motifs is 5. The van der Waals surface area contributed by atoms with Crippen molar-refractivity contribution in [2.75, 3.05) is 0 Å². The minimum atomic E-state index is 0.659. The molecule has 4 aliphatic carbocycles. The van der Waals surface area contributed by atoms with Crippen molar-refractivity contribution >= 4 is 0 Å². The number of rotatable bonds is 1. The molecule has 0 aromatic heterocycles. The van der Waals surface area contributed by atoms with Crippen LogP contribution in [-0.4, -0.2) is 0 Å². The maximum Gasteiger partial charge on any atom is -0.0219 e. The van der Waals surface area contributed by atoms with Gasteiger partial charge < -0.3 is 0 Å². The monoisotopic (exact) mass is 454 g/mol. The lowest BCUT2D eigenvalue weighted by Gasteiger charge is -2.35. The third-order valence-corrected chi connectivity index (χ3v) is 9.52. The van der Waals surface area contributed by atoms with E-state index in [9.17, 15) is 0 Å². The van der Waals surface area contributed by atoms with Crippen LogP contribution in [0.4, 0.5) is 0 Å². The fourth-order valence-corrected chi connectivity index (χ4v) is 7.23. The van der Waals surface area contributed by atoms with Crippen LogP contribution in [0, 0.1) is 53.3 Å². The van der Waals surface area contributed by atoms with E-state index < -0.39 is 0 Å². The van der Waals surface area contributed by atoms with Gasteiger partial charge in [-0.25, -0.2) is 0 Å². The third kappa shape index (κ3) is 8.43. The van der Waals surface area contributed by atoms with Crippen LogP contribution in [0.5, 0.6) is 0 Å². The molecule has 4 saturated carbocycles. The van der Waals surface area contributed by atoms with E-state index in [0.717, 1.165) is 29.6 Å². The van der Waals surface area contributed by atoms with E-state index in [0.29, 0.717) is 5.92 Å². The van der Waals surface area contributed by atoms with Gasteiger partial charge >= 0.3 is 0 Å². The number of hydrogen-bond donors (Lipinski definition) is 0. The Hall–Kier alpha value is -0.780. The van der Waals surface area contributed by atoms with Crippen molar-refractivity contribution in [1.82, 2.24) is 0 Å². The van der Waals surface area contributed by atoms with E-state index in [4.69, 9.17) is 0 Å². The van der Waals surface area contributed by atoms with Crippen LogP contribution in [0.2, 0.25) is 0 Å². The fourth-order valence-electron chi connectivity index (χ4n) is 7.23. The van der Waals surface area contributed by atoms with Crippen LogP contribution >= 0.6 is 0 Å². The minimum absolute atomic E-state index is 0.659. The lowest BCUT2D eigenvalue weighted by Crippen LogP contribution is -2.25. The lowest BCUT2D eigenvalue weighted by molar-refractivity contribution is 0.157. The first-order valence-electron chi connectivity index (χ1n) is 14.7. The Bertz CT molecular complexity index is 587. The largest absolute Gasteiger partial charge is 0.0656 e. The molecule has 8 atom stereocenters. The molecule has 0 saturated heterocycles. The number of benzene rings is 1. The molecule has 33 heavy (non-hydrogen) atoms. The van der Waals surface area contributed by atoms with Gasteiger partial charge in [0.05, 0.1) is 0 Å². The van der Waals surface area contributed by atoms with Crippen molar-refractivity contribution in [2.45, 2.75) is 120 Å². The predicted octanol–water partition coefficient (Wildman–Crippen LogP) is 10.6. The second-order valence-electron chi connectivity index (χ2n) is 12.9. The lowest BCUT2D eigenvalue weighted by atomic mass is 9.71. The molecular formula is C33H58. The molecule has 0 heteroatoms. The molecule has 1 aromatic rings. The summed E-state index contributed by atoms with van der Waals surface area (Å²) in [7, 11) is 0. The Labute approximate surface area is 208 Å². The second-order valence-corrected chi connectivity index (χ2v) is 12.9. The van der Waals surface area contributed by atoms with Crippen molar-refractivity contribution in [3.63, 3.8) is 0 Å². The summed E-state index contributed by atoms with van der Waals surface area (Å²) >= 11 is 0. The van der Waals surface area contributed by atoms with Crippen molar-refractivity contribution in [3.05, 3.63) is 35.9 Å². The SMILES string of the molecule is CC(C)c1ccccc1.CC1CC(C)C(C)CC1C.CC1CC2C3CCC(C3)C2C1.CCC. The molecule has 0 aliphatic heterocycles. The van der Waals surface area contributed by atoms with Crippen LogP contribution in [0.1, 0.15) is 125 Å². The van der Waals surface area contributed by atoms with Gasteiger partial charge in [-0.2, -0.15) is 0 Å². The summed E-state index contributed by atoms with van der Waals surface area (Å²) in [6.45, 7) is 20.7. The maximum atomic E-state index is 2.46. The van der Waals surface area contributed by atoms with Crippen molar-refractivity contribution in [3.8, 4) is 0 Å². The van der Waals surface area contributed by atoms with Gasteiger partial charge in [-0.05, 0) is 110 Å². The average molecular weight is 455 g/mol. The molecule has 5 rings (SSSR count). The highest BCUT2D eigenvalue weighted by Gasteiger charge is 2.50. The highest BCUT2D eigenvalue weighted by atomic mass is 14.6. The average Bonchev–Trinajstić information content (AvgIpc) is 3.48. The molecule has 4 fully saturated rings. The molecular weight excluding hydrogens is 396 g/mol. The molecule has 8 unspecified atom stereocenters. The van der Waals surface area contributed by atoms with E-state index >= 15 is 0 Å². The molecule has 2 bridgehead atoms. The Morgan fingerprint density at radius 2 is 1.03 bits per heavy atom. The van der Waals surface area contributed by atoms with Gasteiger partial charge in [0.2, 0.25) is 0 Å². The van der Waals surface area contributed by atoms with Crippen molar-refractivity contribution in [1.29, 1.82) is 0 Å². The van der Waals surface area contributed by atoms with Gasteiger partial charge in [0.25, 0.3) is 0 Å². The summed E-state index contributed by atoms with van der Waals surface area (Å²) in [5, 5.41) is 0. The van der Waals surface area contributed by atoms with Gasteiger partial charge in [0.1, 0.15) is 0 Å². The van der Waals surface area contributed by atoms with Crippen LogP contribution in [0.15, 0.2) is 30.3 Å². The summed E-state index contributed by atoms with van der Waals surface area (Å²) in [6.07, 6.45) is 12.1. The first-order valence-corrected chi connectivity index (χ1v) is 14.7. The summed E-state index contributed by atoms with van der Waals surface area (Å²) in [5.41, 5.74) is 1.41. The molecule has 1 aromatic carbocycles. The van der Waals surface area contributed by atoms with Crippen LogP contribution in [0.3, 0.4) is 0 Å². The zero-order chi connectivity index (χ0) is 24.5. The molecule has 190 valence electrons. The Morgan fingerprint density at radius 1 is 0.636 bits per heavy atom. The smallest absolute Gasteiger partial charge is 0.0219 e. The molecule has 4 aliphatic rings. The first-order chi connectivity index (χ1) is 15.7. The summed E-state index contributed by atoms with van der Waals surface area (Å²) in [4.78, 5) is 0. The van der Waals surface area contributed by atoms with Gasteiger partial charge in [-0.15, -0.1) is 0 Å². The third-order valence-electron chi connectivity index (χ3n) is 9.52. The first kappa shape index (κ1) is 28.5.